The minimum atomic E-state index is -0.786. The Morgan fingerprint density at radius 3 is 0.910 bits per heavy atom. The first-order valence-electron chi connectivity index (χ1n) is 29.1. The van der Waals surface area contributed by atoms with E-state index in [9.17, 15) is 14.4 Å². The van der Waals surface area contributed by atoms with E-state index in [0.717, 1.165) is 83.5 Å². The fourth-order valence-electron chi connectivity index (χ4n) is 8.49. The molecular formula is C61H110O6. The Kier molecular flexibility index (Phi) is 53.8. The highest BCUT2D eigenvalue weighted by Gasteiger charge is 2.19. The highest BCUT2D eigenvalue weighted by atomic mass is 16.6. The number of allylic oxidation sites excluding steroid dienone is 8. The molecule has 0 radical (unpaired) electrons. The summed E-state index contributed by atoms with van der Waals surface area (Å²) in [5.41, 5.74) is 0. The molecule has 0 aliphatic heterocycles. The molecule has 0 N–H and O–H groups in total. The molecule has 6 nitrogen and oxygen atoms in total. The molecule has 1 atom stereocenters. The summed E-state index contributed by atoms with van der Waals surface area (Å²) < 4.78 is 16.9. The second-order valence-electron chi connectivity index (χ2n) is 19.5. The zero-order valence-corrected chi connectivity index (χ0v) is 44.7. The van der Waals surface area contributed by atoms with E-state index in [2.05, 4.69) is 69.4 Å². The fourth-order valence-corrected chi connectivity index (χ4v) is 8.49. The molecule has 0 spiro atoms. The summed E-state index contributed by atoms with van der Waals surface area (Å²) in [5.74, 6) is -0.907. The molecular weight excluding hydrogens is 829 g/mol. The van der Waals surface area contributed by atoms with Crippen LogP contribution in [0.1, 0.15) is 303 Å². The number of carbonyl (C=O) groups excluding carboxylic acids is 3. The van der Waals surface area contributed by atoms with E-state index in [4.69, 9.17) is 14.2 Å². The first kappa shape index (κ1) is 64.4. The second-order valence-corrected chi connectivity index (χ2v) is 19.5. The predicted octanol–water partition coefficient (Wildman–Crippen LogP) is 19.4. The summed E-state index contributed by atoms with van der Waals surface area (Å²) in [4.78, 5) is 38.1. The van der Waals surface area contributed by atoms with Gasteiger partial charge in [0.15, 0.2) is 6.10 Å². The van der Waals surface area contributed by atoms with Gasteiger partial charge in [-0.3, -0.25) is 14.4 Å². The maximum atomic E-state index is 12.9. The number of esters is 3. The lowest BCUT2D eigenvalue weighted by Gasteiger charge is -2.18. The lowest BCUT2D eigenvalue weighted by atomic mass is 10.0. The Morgan fingerprint density at radius 1 is 0.313 bits per heavy atom. The first-order chi connectivity index (χ1) is 33.0. The van der Waals surface area contributed by atoms with Crippen molar-refractivity contribution in [1.29, 1.82) is 0 Å². The van der Waals surface area contributed by atoms with Crippen LogP contribution in [-0.2, 0) is 28.6 Å². The summed E-state index contributed by atoms with van der Waals surface area (Å²) in [7, 11) is 0. The van der Waals surface area contributed by atoms with E-state index >= 15 is 0 Å². The van der Waals surface area contributed by atoms with Gasteiger partial charge in [-0.05, 0) is 57.8 Å². The molecule has 0 amide bonds. The van der Waals surface area contributed by atoms with Crippen LogP contribution in [-0.4, -0.2) is 37.2 Å². The minimum Gasteiger partial charge on any atom is -0.462 e. The Bertz CT molecular complexity index is 1170. The summed E-state index contributed by atoms with van der Waals surface area (Å²) in [6.45, 7) is 6.53. The summed E-state index contributed by atoms with van der Waals surface area (Å²) in [5, 5.41) is 0. The van der Waals surface area contributed by atoms with Gasteiger partial charge in [-0.1, -0.05) is 275 Å². The summed E-state index contributed by atoms with van der Waals surface area (Å²) >= 11 is 0. The number of unbranched alkanes of at least 4 members (excludes halogenated alkanes) is 34. The van der Waals surface area contributed by atoms with E-state index in [1.54, 1.807) is 0 Å². The zero-order chi connectivity index (χ0) is 48.6. The van der Waals surface area contributed by atoms with Crippen LogP contribution < -0.4 is 0 Å². The van der Waals surface area contributed by atoms with Crippen LogP contribution in [0.2, 0.25) is 0 Å². The maximum Gasteiger partial charge on any atom is 0.306 e. The van der Waals surface area contributed by atoms with Gasteiger partial charge in [0.1, 0.15) is 13.2 Å². The Balaban J connectivity index is 4.37. The van der Waals surface area contributed by atoms with Crippen molar-refractivity contribution in [3.05, 3.63) is 48.6 Å². The fraction of sp³-hybridized carbons (Fsp3) is 0.820. The highest BCUT2D eigenvalue weighted by Crippen LogP contribution is 2.17. The number of carbonyl (C=O) groups is 3. The zero-order valence-electron chi connectivity index (χ0n) is 44.7. The molecule has 0 bridgehead atoms. The Hall–Kier alpha value is -2.63. The molecule has 0 aromatic carbocycles. The van der Waals surface area contributed by atoms with Crippen molar-refractivity contribution in [1.82, 2.24) is 0 Å². The van der Waals surface area contributed by atoms with Crippen LogP contribution in [0.25, 0.3) is 0 Å². The number of hydrogen-bond acceptors (Lipinski definition) is 6. The number of ether oxygens (including phenoxy) is 3. The molecule has 0 aliphatic rings. The average molecular weight is 940 g/mol. The SMILES string of the molecule is CC/C=C\C/C=C\C/C=C\C/C=C\CCCCC(=O)OC[C@H](COC(=O)CCCCCCCCCCCCCCCCC)OC(=O)CCCCCCCCCCCCCCCCCCCCC. The lowest BCUT2D eigenvalue weighted by Crippen LogP contribution is -2.30. The molecule has 0 rings (SSSR count). The summed E-state index contributed by atoms with van der Waals surface area (Å²) in [6, 6.07) is 0. The van der Waals surface area contributed by atoms with Crippen LogP contribution in [0, 0.1) is 0 Å². The van der Waals surface area contributed by atoms with Gasteiger partial charge in [-0.15, -0.1) is 0 Å². The van der Waals surface area contributed by atoms with Gasteiger partial charge < -0.3 is 14.2 Å². The highest BCUT2D eigenvalue weighted by molar-refractivity contribution is 5.71. The second kappa shape index (κ2) is 56.0. The smallest absolute Gasteiger partial charge is 0.306 e. The normalized spacial score (nSPS) is 12.3. The van der Waals surface area contributed by atoms with Crippen LogP contribution in [0.3, 0.4) is 0 Å². The van der Waals surface area contributed by atoms with Gasteiger partial charge >= 0.3 is 17.9 Å². The third-order valence-corrected chi connectivity index (χ3v) is 12.8. The van der Waals surface area contributed by atoms with E-state index < -0.39 is 6.10 Å². The van der Waals surface area contributed by atoms with Crippen LogP contribution >= 0.6 is 0 Å². The van der Waals surface area contributed by atoms with Crippen molar-refractivity contribution >= 4 is 17.9 Å². The van der Waals surface area contributed by atoms with E-state index in [0.29, 0.717) is 19.3 Å². The molecule has 0 aliphatic carbocycles. The quantitative estimate of drug-likeness (QED) is 0.0262. The van der Waals surface area contributed by atoms with Gasteiger partial charge in [-0.25, -0.2) is 0 Å². The molecule has 67 heavy (non-hydrogen) atoms. The first-order valence-corrected chi connectivity index (χ1v) is 29.1. The van der Waals surface area contributed by atoms with Gasteiger partial charge in [0, 0.05) is 19.3 Å². The van der Waals surface area contributed by atoms with E-state index in [1.807, 2.05) is 0 Å². The topological polar surface area (TPSA) is 78.9 Å². The molecule has 0 unspecified atom stereocenters. The van der Waals surface area contributed by atoms with Crippen molar-refractivity contribution in [3.8, 4) is 0 Å². The van der Waals surface area contributed by atoms with Crippen LogP contribution in [0.4, 0.5) is 0 Å². The standard InChI is InChI=1S/C61H110O6/c1-4-7-10-13-16-19-22-25-28-29-30-31-34-37-40-43-46-49-52-55-61(64)67-58(56-65-59(62)53-50-47-44-41-38-35-32-26-23-20-17-14-11-8-5-2)57-66-60(63)54-51-48-45-42-39-36-33-27-24-21-18-15-12-9-6-3/h8,11,17,20,26,32,38,41,58H,4-7,9-10,12-16,18-19,21-25,27-31,33-37,39-40,42-57H2,1-3H3/b11-8-,20-17-,32-26-,41-38-/t58-/m1/s1. The predicted molar refractivity (Wildman–Crippen MR) is 289 cm³/mol. The molecule has 0 heterocycles. The maximum absolute atomic E-state index is 12.9. The molecule has 390 valence electrons. The number of hydrogen-bond donors (Lipinski definition) is 0. The van der Waals surface area contributed by atoms with Gasteiger partial charge in [0.05, 0.1) is 0 Å². The minimum absolute atomic E-state index is 0.0817. The molecule has 0 aromatic rings. The summed E-state index contributed by atoms with van der Waals surface area (Å²) in [6.07, 6.45) is 68.2. The van der Waals surface area contributed by atoms with Crippen molar-refractivity contribution < 1.29 is 28.6 Å². The average Bonchev–Trinajstić information content (AvgIpc) is 3.33. The van der Waals surface area contributed by atoms with Gasteiger partial charge in [-0.2, -0.15) is 0 Å². The lowest BCUT2D eigenvalue weighted by molar-refractivity contribution is -0.167. The molecule has 0 aromatic heterocycles. The van der Waals surface area contributed by atoms with Crippen LogP contribution in [0.15, 0.2) is 48.6 Å². The largest absolute Gasteiger partial charge is 0.462 e. The number of rotatable bonds is 53. The molecule has 0 saturated heterocycles. The van der Waals surface area contributed by atoms with Crippen molar-refractivity contribution in [2.75, 3.05) is 13.2 Å². The third-order valence-electron chi connectivity index (χ3n) is 12.8. The molecule has 0 saturated carbocycles. The Morgan fingerprint density at radius 2 is 0.582 bits per heavy atom. The monoisotopic (exact) mass is 939 g/mol. The molecule has 0 fully saturated rings. The Labute approximate surface area is 416 Å². The van der Waals surface area contributed by atoms with Gasteiger partial charge in [0.25, 0.3) is 0 Å². The van der Waals surface area contributed by atoms with Crippen molar-refractivity contribution in [2.24, 2.45) is 0 Å². The van der Waals surface area contributed by atoms with Crippen molar-refractivity contribution in [2.45, 2.75) is 309 Å². The van der Waals surface area contributed by atoms with Crippen molar-refractivity contribution in [3.63, 3.8) is 0 Å². The van der Waals surface area contributed by atoms with Crippen LogP contribution in [0.5, 0.6) is 0 Å². The van der Waals surface area contributed by atoms with Gasteiger partial charge in [0.2, 0.25) is 0 Å². The van der Waals surface area contributed by atoms with E-state index in [-0.39, 0.29) is 31.1 Å². The van der Waals surface area contributed by atoms with E-state index in [1.165, 1.54) is 180 Å². The third kappa shape index (κ3) is 54.2. The molecule has 6 heteroatoms.